The number of carbonyl (C=O) groups is 1. The minimum absolute atomic E-state index is 0.0301. The molecule has 1 N–H and O–H groups in total. The Bertz CT molecular complexity index is 388. The summed E-state index contributed by atoms with van der Waals surface area (Å²) in [5.74, 6) is 0.292. The summed E-state index contributed by atoms with van der Waals surface area (Å²) >= 11 is 0. The third-order valence-electron chi connectivity index (χ3n) is 2.82. The van der Waals surface area contributed by atoms with Crippen molar-refractivity contribution in [2.75, 3.05) is 13.6 Å². The largest absolute Gasteiger partial charge is 0.508 e. The Hall–Kier alpha value is -1.35. The summed E-state index contributed by atoms with van der Waals surface area (Å²) < 4.78 is 0. The molecule has 3 heteroatoms. The summed E-state index contributed by atoms with van der Waals surface area (Å²) in [7, 11) is 2.02. The summed E-state index contributed by atoms with van der Waals surface area (Å²) in [6.45, 7) is 5.37. The van der Waals surface area contributed by atoms with Crippen LogP contribution in [-0.4, -0.2) is 29.4 Å². The molecule has 0 radical (unpaired) electrons. The first kappa shape index (κ1) is 13.7. The SMILES string of the molecule is CCCCN(C)Cc1cc(C(C)=O)ccc1O. The quantitative estimate of drug-likeness (QED) is 0.771. The molecular weight excluding hydrogens is 214 g/mol. The smallest absolute Gasteiger partial charge is 0.159 e. The average Bonchev–Trinajstić information content (AvgIpc) is 2.29. The molecule has 0 spiro atoms. The van der Waals surface area contributed by atoms with Crippen molar-refractivity contribution >= 4 is 5.78 Å². The van der Waals surface area contributed by atoms with Gasteiger partial charge in [0.25, 0.3) is 0 Å². The highest BCUT2D eigenvalue weighted by Gasteiger charge is 2.08. The Balaban J connectivity index is 2.75. The zero-order valence-corrected chi connectivity index (χ0v) is 10.9. The van der Waals surface area contributed by atoms with E-state index in [-0.39, 0.29) is 11.5 Å². The van der Waals surface area contributed by atoms with Gasteiger partial charge in [-0.25, -0.2) is 0 Å². The van der Waals surface area contributed by atoms with Gasteiger partial charge in [-0.15, -0.1) is 0 Å². The van der Waals surface area contributed by atoms with Gasteiger partial charge in [0.15, 0.2) is 5.78 Å². The van der Waals surface area contributed by atoms with Gasteiger partial charge in [-0.05, 0) is 45.1 Å². The number of rotatable bonds is 6. The third-order valence-corrected chi connectivity index (χ3v) is 2.82. The molecule has 0 unspecified atom stereocenters. The number of phenolic OH excluding ortho intramolecular Hbond substituents is 1. The maximum Gasteiger partial charge on any atom is 0.159 e. The van der Waals surface area contributed by atoms with Gasteiger partial charge in [0, 0.05) is 17.7 Å². The van der Waals surface area contributed by atoms with E-state index in [1.807, 2.05) is 7.05 Å². The maximum absolute atomic E-state index is 11.3. The first-order valence-corrected chi connectivity index (χ1v) is 6.06. The van der Waals surface area contributed by atoms with E-state index in [9.17, 15) is 9.90 Å². The fourth-order valence-electron chi connectivity index (χ4n) is 1.73. The number of ketones is 1. The summed E-state index contributed by atoms with van der Waals surface area (Å²) in [6.07, 6.45) is 2.30. The van der Waals surface area contributed by atoms with Gasteiger partial charge >= 0.3 is 0 Å². The molecule has 1 rings (SSSR count). The van der Waals surface area contributed by atoms with Crippen LogP contribution in [0.1, 0.15) is 42.6 Å². The van der Waals surface area contributed by atoms with Crippen molar-refractivity contribution in [1.82, 2.24) is 4.90 Å². The zero-order chi connectivity index (χ0) is 12.8. The minimum Gasteiger partial charge on any atom is -0.508 e. The van der Waals surface area contributed by atoms with Crippen LogP contribution >= 0.6 is 0 Å². The number of hydrogen-bond donors (Lipinski definition) is 1. The standard InChI is InChI=1S/C14H21NO2/c1-4-5-8-15(3)10-13-9-12(11(2)16)6-7-14(13)17/h6-7,9,17H,4-5,8,10H2,1-3H3. The number of benzene rings is 1. The second-order valence-electron chi connectivity index (χ2n) is 4.49. The van der Waals surface area contributed by atoms with Crippen LogP contribution in [0.5, 0.6) is 5.75 Å². The Morgan fingerprint density at radius 2 is 2.12 bits per heavy atom. The number of Topliss-reactive ketones (excluding diaryl/α,β-unsaturated/α-hetero) is 1. The highest BCUT2D eigenvalue weighted by atomic mass is 16.3. The van der Waals surface area contributed by atoms with Crippen molar-refractivity contribution < 1.29 is 9.90 Å². The normalized spacial score (nSPS) is 10.8. The third kappa shape index (κ3) is 4.19. The van der Waals surface area contributed by atoms with Crippen LogP contribution in [0.15, 0.2) is 18.2 Å². The highest BCUT2D eigenvalue weighted by molar-refractivity contribution is 5.94. The molecule has 0 heterocycles. The second-order valence-corrected chi connectivity index (χ2v) is 4.49. The molecule has 0 saturated carbocycles. The highest BCUT2D eigenvalue weighted by Crippen LogP contribution is 2.20. The zero-order valence-electron chi connectivity index (χ0n) is 10.9. The first-order chi connectivity index (χ1) is 8.04. The molecular formula is C14H21NO2. The van der Waals surface area contributed by atoms with Crippen molar-refractivity contribution in [3.8, 4) is 5.75 Å². The van der Waals surface area contributed by atoms with E-state index in [1.165, 1.54) is 6.92 Å². The van der Waals surface area contributed by atoms with Crippen molar-refractivity contribution in [3.05, 3.63) is 29.3 Å². The van der Waals surface area contributed by atoms with Crippen molar-refractivity contribution in [1.29, 1.82) is 0 Å². The van der Waals surface area contributed by atoms with Gasteiger partial charge in [-0.2, -0.15) is 0 Å². The summed E-state index contributed by atoms with van der Waals surface area (Å²) in [4.78, 5) is 13.4. The van der Waals surface area contributed by atoms with Crippen LogP contribution in [0.25, 0.3) is 0 Å². The summed E-state index contributed by atoms with van der Waals surface area (Å²) in [5, 5.41) is 9.75. The van der Waals surface area contributed by atoms with E-state index in [0.29, 0.717) is 12.1 Å². The van der Waals surface area contributed by atoms with Crippen LogP contribution in [0.4, 0.5) is 0 Å². The van der Waals surface area contributed by atoms with Gasteiger partial charge < -0.3 is 10.0 Å². The maximum atomic E-state index is 11.3. The van der Waals surface area contributed by atoms with Gasteiger partial charge in [0.2, 0.25) is 0 Å². The number of hydrogen-bond acceptors (Lipinski definition) is 3. The van der Waals surface area contributed by atoms with E-state index in [1.54, 1.807) is 18.2 Å². The van der Waals surface area contributed by atoms with Gasteiger partial charge in [0.1, 0.15) is 5.75 Å². The first-order valence-electron chi connectivity index (χ1n) is 6.06. The molecule has 0 saturated heterocycles. The predicted molar refractivity (Wildman–Crippen MR) is 69.4 cm³/mol. The second kappa shape index (κ2) is 6.40. The molecule has 1 aromatic rings. The number of aromatic hydroxyl groups is 1. The van der Waals surface area contributed by atoms with Gasteiger partial charge in [-0.1, -0.05) is 13.3 Å². The van der Waals surface area contributed by atoms with Crippen LogP contribution in [0, 0.1) is 0 Å². The Kier molecular flexibility index (Phi) is 5.16. The van der Waals surface area contributed by atoms with E-state index in [4.69, 9.17) is 0 Å². The van der Waals surface area contributed by atoms with Crippen LogP contribution in [-0.2, 0) is 6.54 Å². The molecule has 0 aliphatic rings. The van der Waals surface area contributed by atoms with E-state index < -0.39 is 0 Å². The molecule has 3 nitrogen and oxygen atoms in total. The van der Waals surface area contributed by atoms with E-state index in [2.05, 4.69) is 11.8 Å². The average molecular weight is 235 g/mol. The molecule has 0 aromatic heterocycles. The lowest BCUT2D eigenvalue weighted by Crippen LogP contribution is -2.19. The van der Waals surface area contributed by atoms with E-state index in [0.717, 1.165) is 24.9 Å². The number of unbranched alkanes of at least 4 members (excludes halogenated alkanes) is 1. The molecule has 17 heavy (non-hydrogen) atoms. The Morgan fingerprint density at radius 3 is 2.71 bits per heavy atom. The molecule has 0 aliphatic heterocycles. The topological polar surface area (TPSA) is 40.5 Å². The molecule has 0 amide bonds. The lowest BCUT2D eigenvalue weighted by molar-refractivity contribution is 0.101. The van der Waals surface area contributed by atoms with Crippen molar-refractivity contribution in [2.24, 2.45) is 0 Å². The Morgan fingerprint density at radius 1 is 1.41 bits per heavy atom. The molecule has 94 valence electrons. The summed E-state index contributed by atoms with van der Waals surface area (Å²) in [5.41, 5.74) is 1.47. The van der Waals surface area contributed by atoms with Gasteiger partial charge in [-0.3, -0.25) is 4.79 Å². The fraction of sp³-hybridized carbons (Fsp3) is 0.500. The lowest BCUT2D eigenvalue weighted by atomic mass is 10.1. The van der Waals surface area contributed by atoms with E-state index >= 15 is 0 Å². The predicted octanol–water partition coefficient (Wildman–Crippen LogP) is 2.83. The molecule has 1 aromatic carbocycles. The van der Waals surface area contributed by atoms with Crippen molar-refractivity contribution in [3.63, 3.8) is 0 Å². The molecule has 0 atom stereocenters. The molecule has 0 fully saturated rings. The van der Waals surface area contributed by atoms with Crippen LogP contribution < -0.4 is 0 Å². The number of carbonyl (C=O) groups excluding carboxylic acids is 1. The lowest BCUT2D eigenvalue weighted by Gasteiger charge is -2.17. The molecule has 0 aliphatic carbocycles. The Labute approximate surface area is 103 Å². The number of phenols is 1. The van der Waals surface area contributed by atoms with Gasteiger partial charge in [0.05, 0.1) is 0 Å². The fourth-order valence-corrected chi connectivity index (χ4v) is 1.73. The monoisotopic (exact) mass is 235 g/mol. The number of nitrogens with zero attached hydrogens (tertiary/aromatic N) is 1. The van der Waals surface area contributed by atoms with Crippen LogP contribution in [0.3, 0.4) is 0 Å². The summed E-state index contributed by atoms with van der Waals surface area (Å²) in [6, 6.07) is 5.03. The van der Waals surface area contributed by atoms with Crippen LogP contribution in [0.2, 0.25) is 0 Å². The minimum atomic E-state index is 0.0301. The molecule has 0 bridgehead atoms. The van der Waals surface area contributed by atoms with Crippen molar-refractivity contribution in [2.45, 2.75) is 33.2 Å².